The van der Waals surface area contributed by atoms with Crippen molar-refractivity contribution in [1.82, 2.24) is 9.88 Å². The molecule has 1 aromatic carbocycles. The van der Waals surface area contributed by atoms with Crippen LogP contribution in [0.4, 0.5) is 5.69 Å². The number of esters is 1. The summed E-state index contributed by atoms with van der Waals surface area (Å²) in [7, 11) is 1.68. The fourth-order valence-electron chi connectivity index (χ4n) is 4.12. The maximum atomic E-state index is 13.2. The maximum absolute atomic E-state index is 13.2. The van der Waals surface area contributed by atoms with Gasteiger partial charge in [-0.15, -0.1) is 0 Å². The van der Waals surface area contributed by atoms with Crippen molar-refractivity contribution in [2.45, 2.75) is 33.7 Å². The van der Waals surface area contributed by atoms with Crippen LogP contribution in [-0.4, -0.2) is 67.6 Å². The Hall–Kier alpha value is -2.80. The van der Waals surface area contributed by atoms with E-state index >= 15 is 0 Å². The van der Waals surface area contributed by atoms with Crippen molar-refractivity contribution in [3.8, 4) is 5.75 Å². The van der Waals surface area contributed by atoms with Gasteiger partial charge in [-0.2, -0.15) is 0 Å². The molecule has 0 bridgehead atoms. The monoisotopic (exact) mass is 413 g/mol. The molecule has 0 radical (unpaired) electrons. The van der Waals surface area contributed by atoms with Gasteiger partial charge in [-0.3, -0.25) is 9.69 Å². The Morgan fingerprint density at radius 2 is 1.80 bits per heavy atom. The van der Waals surface area contributed by atoms with Crippen LogP contribution in [0.3, 0.4) is 0 Å². The Labute approximate surface area is 178 Å². The smallest absolute Gasteiger partial charge is 0.340 e. The average Bonchev–Trinajstić information content (AvgIpc) is 3.06. The molecular weight excluding hydrogens is 382 g/mol. The highest BCUT2D eigenvalue weighted by molar-refractivity contribution is 6.03. The highest BCUT2D eigenvalue weighted by Crippen LogP contribution is 2.29. The number of nitrogens with zero attached hydrogens (tertiary/aromatic N) is 2. The lowest BCUT2D eigenvalue weighted by Gasteiger charge is -2.38. The molecule has 1 atom stereocenters. The largest absolute Gasteiger partial charge is 0.495 e. The van der Waals surface area contributed by atoms with Crippen molar-refractivity contribution in [1.29, 1.82) is 0 Å². The van der Waals surface area contributed by atoms with E-state index in [0.29, 0.717) is 29.1 Å². The lowest BCUT2D eigenvalue weighted by Crippen LogP contribution is -2.52. The van der Waals surface area contributed by atoms with Crippen molar-refractivity contribution in [2.24, 2.45) is 0 Å². The second kappa shape index (κ2) is 9.34. The molecule has 0 unspecified atom stereocenters. The number of methoxy groups -OCH3 is 1. The average molecular weight is 414 g/mol. The Morgan fingerprint density at radius 3 is 2.43 bits per heavy atom. The standard InChI is InChI=1S/C23H31N3O4/c1-6-30-23(28)20-15(2)21(24-16(20)3)22(27)17(4)25-11-13-26(14-12-25)18-9-7-8-10-19(18)29-5/h7-10,17,24H,6,11-14H2,1-5H3/t17-/m1/s1. The molecule has 1 aliphatic rings. The molecule has 1 fully saturated rings. The van der Waals surface area contributed by atoms with E-state index in [2.05, 4.69) is 20.9 Å². The zero-order chi connectivity index (χ0) is 21.8. The fraction of sp³-hybridized carbons (Fsp3) is 0.478. The summed E-state index contributed by atoms with van der Waals surface area (Å²) in [6, 6.07) is 7.71. The van der Waals surface area contributed by atoms with Crippen molar-refractivity contribution in [3.05, 3.63) is 46.8 Å². The summed E-state index contributed by atoms with van der Waals surface area (Å²) in [5, 5.41) is 0. The minimum atomic E-state index is -0.388. The van der Waals surface area contributed by atoms with Gasteiger partial charge < -0.3 is 19.4 Å². The highest BCUT2D eigenvalue weighted by Gasteiger charge is 2.30. The van der Waals surface area contributed by atoms with E-state index in [0.717, 1.165) is 37.6 Å². The number of anilines is 1. The molecule has 1 aliphatic heterocycles. The predicted molar refractivity (Wildman–Crippen MR) is 117 cm³/mol. The summed E-state index contributed by atoms with van der Waals surface area (Å²) in [5.41, 5.74) is 3.37. The van der Waals surface area contributed by atoms with Crippen molar-refractivity contribution in [3.63, 3.8) is 0 Å². The van der Waals surface area contributed by atoms with Crippen LogP contribution in [0, 0.1) is 13.8 Å². The summed E-state index contributed by atoms with van der Waals surface area (Å²) in [4.78, 5) is 33.0. The Balaban J connectivity index is 1.70. The molecule has 2 aromatic rings. The first kappa shape index (κ1) is 21.9. The van der Waals surface area contributed by atoms with Crippen molar-refractivity contribution >= 4 is 17.4 Å². The van der Waals surface area contributed by atoms with Crippen LogP contribution in [-0.2, 0) is 4.74 Å². The van der Waals surface area contributed by atoms with Gasteiger partial charge in [-0.1, -0.05) is 12.1 Å². The van der Waals surface area contributed by atoms with Crippen LogP contribution in [0.2, 0.25) is 0 Å². The number of nitrogens with one attached hydrogen (secondary N) is 1. The third kappa shape index (κ3) is 4.21. The first-order chi connectivity index (χ1) is 14.4. The Kier molecular flexibility index (Phi) is 6.82. The highest BCUT2D eigenvalue weighted by atomic mass is 16.5. The number of Topliss-reactive ketones (excluding diaryl/α,β-unsaturated/α-hetero) is 1. The second-order valence-corrected chi connectivity index (χ2v) is 7.58. The zero-order valence-electron chi connectivity index (χ0n) is 18.4. The fourth-order valence-corrected chi connectivity index (χ4v) is 4.12. The van der Waals surface area contributed by atoms with Gasteiger partial charge in [-0.05, 0) is 45.4 Å². The topological polar surface area (TPSA) is 74.9 Å². The minimum Gasteiger partial charge on any atom is -0.495 e. The zero-order valence-corrected chi connectivity index (χ0v) is 18.4. The number of rotatable bonds is 7. The summed E-state index contributed by atoms with van der Waals surface area (Å²) in [6.45, 7) is 10.8. The first-order valence-corrected chi connectivity index (χ1v) is 10.4. The van der Waals surface area contributed by atoms with Gasteiger partial charge in [0, 0.05) is 31.9 Å². The lowest BCUT2D eigenvalue weighted by molar-refractivity contribution is 0.0525. The van der Waals surface area contributed by atoms with Gasteiger partial charge in [0.1, 0.15) is 5.75 Å². The van der Waals surface area contributed by atoms with E-state index in [1.165, 1.54) is 0 Å². The molecule has 0 spiro atoms. The number of ether oxygens (including phenoxy) is 2. The third-order valence-electron chi connectivity index (χ3n) is 5.83. The minimum absolute atomic E-state index is 0.00288. The first-order valence-electron chi connectivity index (χ1n) is 10.4. The molecular formula is C23H31N3O4. The predicted octanol–water partition coefficient (Wildman–Crippen LogP) is 3.21. The number of para-hydroxylation sites is 2. The van der Waals surface area contributed by atoms with Crippen LogP contribution >= 0.6 is 0 Å². The molecule has 0 amide bonds. The number of ketones is 1. The van der Waals surface area contributed by atoms with Crippen LogP contribution in [0.1, 0.15) is 46.0 Å². The van der Waals surface area contributed by atoms with Gasteiger partial charge in [0.15, 0.2) is 5.78 Å². The summed E-state index contributed by atoms with van der Waals surface area (Å²) in [6.07, 6.45) is 0. The molecule has 1 N–H and O–H groups in total. The molecule has 7 nitrogen and oxygen atoms in total. The molecule has 30 heavy (non-hydrogen) atoms. The van der Waals surface area contributed by atoms with E-state index in [1.807, 2.05) is 25.1 Å². The normalized spacial score (nSPS) is 15.7. The molecule has 1 aromatic heterocycles. The molecule has 162 valence electrons. The second-order valence-electron chi connectivity index (χ2n) is 7.58. The van der Waals surface area contributed by atoms with Crippen LogP contribution in [0.25, 0.3) is 0 Å². The molecule has 7 heteroatoms. The van der Waals surface area contributed by atoms with E-state index < -0.39 is 0 Å². The molecule has 3 rings (SSSR count). The molecule has 0 aliphatic carbocycles. The number of carbonyl (C=O) groups is 2. The van der Waals surface area contributed by atoms with E-state index in [9.17, 15) is 9.59 Å². The number of aryl methyl sites for hydroxylation is 1. The maximum Gasteiger partial charge on any atom is 0.340 e. The third-order valence-corrected chi connectivity index (χ3v) is 5.83. The Bertz CT molecular complexity index is 913. The van der Waals surface area contributed by atoms with Gasteiger partial charge in [0.05, 0.1) is 36.7 Å². The number of aromatic nitrogens is 1. The quantitative estimate of drug-likeness (QED) is 0.555. The number of benzene rings is 1. The van der Waals surface area contributed by atoms with Gasteiger partial charge in [0.2, 0.25) is 0 Å². The number of aromatic amines is 1. The number of carbonyl (C=O) groups excluding carboxylic acids is 2. The number of piperazine rings is 1. The van der Waals surface area contributed by atoms with E-state index in [1.54, 1.807) is 27.9 Å². The SMILES string of the molecule is CCOC(=O)c1c(C)[nH]c(C(=O)[C@@H](C)N2CCN(c3ccccc3OC)CC2)c1C. The number of hydrogen-bond donors (Lipinski definition) is 1. The van der Waals surface area contributed by atoms with Crippen molar-refractivity contribution in [2.75, 3.05) is 44.8 Å². The lowest BCUT2D eigenvalue weighted by atomic mass is 10.0. The van der Waals surface area contributed by atoms with Crippen LogP contribution in [0.15, 0.2) is 24.3 Å². The van der Waals surface area contributed by atoms with Gasteiger partial charge in [0.25, 0.3) is 0 Å². The van der Waals surface area contributed by atoms with E-state index in [-0.39, 0.29) is 17.8 Å². The van der Waals surface area contributed by atoms with Crippen molar-refractivity contribution < 1.29 is 19.1 Å². The number of H-pyrrole nitrogens is 1. The van der Waals surface area contributed by atoms with Gasteiger partial charge in [-0.25, -0.2) is 4.79 Å². The Morgan fingerprint density at radius 1 is 1.13 bits per heavy atom. The molecule has 2 heterocycles. The summed E-state index contributed by atoms with van der Waals surface area (Å²) >= 11 is 0. The van der Waals surface area contributed by atoms with Crippen LogP contribution < -0.4 is 9.64 Å². The van der Waals surface area contributed by atoms with Gasteiger partial charge >= 0.3 is 5.97 Å². The molecule has 0 saturated carbocycles. The summed E-state index contributed by atoms with van der Waals surface area (Å²) in [5.74, 6) is 0.469. The van der Waals surface area contributed by atoms with E-state index in [4.69, 9.17) is 9.47 Å². The summed E-state index contributed by atoms with van der Waals surface area (Å²) < 4.78 is 10.6. The number of hydrogen-bond acceptors (Lipinski definition) is 6. The van der Waals surface area contributed by atoms with Crippen LogP contribution in [0.5, 0.6) is 5.75 Å². The molecule has 1 saturated heterocycles.